The lowest BCUT2D eigenvalue weighted by atomic mass is 10.00. The van der Waals surface area contributed by atoms with Gasteiger partial charge in [0, 0.05) is 44.4 Å². The Morgan fingerprint density at radius 2 is 1.93 bits per heavy atom. The molecule has 1 spiro atoms. The number of benzene rings is 1. The van der Waals surface area contributed by atoms with E-state index in [1.54, 1.807) is 6.20 Å². The minimum Gasteiger partial charge on any atom is -0.311 e. The minimum atomic E-state index is -0.551. The number of anilines is 1. The van der Waals surface area contributed by atoms with E-state index in [1.165, 1.54) is 5.56 Å². The van der Waals surface area contributed by atoms with Crippen molar-refractivity contribution in [2.45, 2.75) is 31.4 Å². The van der Waals surface area contributed by atoms with E-state index in [2.05, 4.69) is 27.5 Å². The highest BCUT2D eigenvalue weighted by Gasteiger charge is 2.41. The van der Waals surface area contributed by atoms with E-state index >= 15 is 0 Å². The molecule has 3 aliphatic rings. The Bertz CT molecular complexity index is 922. The number of rotatable bonds is 3. The van der Waals surface area contributed by atoms with Gasteiger partial charge in [-0.3, -0.25) is 14.7 Å². The van der Waals surface area contributed by atoms with Gasteiger partial charge in [0.1, 0.15) is 5.69 Å². The molecule has 1 amide bonds. The smallest absolute Gasteiger partial charge is 0.241 e. The Kier molecular flexibility index (Phi) is 4.77. The van der Waals surface area contributed by atoms with Gasteiger partial charge in [-0.2, -0.15) is 0 Å². The number of amides is 1. The van der Waals surface area contributed by atoms with Crippen LogP contribution in [0.25, 0.3) is 0 Å². The fourth-order valence-electron chi connectivity index (χ4n) is 4.35. The van der Waals surface area contributed by atoms with E-state index in [1.807, 2.05) is 35.2 Å². The molecule has 3 aliphatic heterocycles. The number of nitrogens with zero attached hydrogens (tertiary/aromatic N) is 4. The third kappa shape index (κ3) is 3.63. The third-order valence-corrected chi connectivity index (χ3v) is 5.97. The predicted molar refractivity (Wildman–Crippen MR) is 111 cm³/mol. The molecule has 7 nitrogen and oxygen atoms in total. The number of para-hydroxylation sites is 1. The van der Waals surface area contributed by atoms with Crippen LogP contribution in [0.5, 0.6) is 0 Å². The number of carbonyl (C=O) groups excluding carboxylic acids is 1. The van der Waals surface area contributed by atoms with Gasteiger partial charge in [0.15, 0.2) is 11.6 Å². The van der Waals surface area contributed by atoms with Gasteiger partial charge in [0.05, 0.1) is 6.54 Å². The second kappa shape index (κ2) is 7.57. The van der Waals surface area contributed by atoms with Gasteiger partial charge in [-0.05, 0) is 36.6 Å². The molecule has 1 N–H and O–H groups in total. The van der Waals surface area contributed by atoms with Gasteiger partial charge in [-0.1, -0.05) is 24.3 Å². The molecule has 0 aliphatic carbocycles. The molecule has 1 aromatic carbocycles. The number of carbonyl (C=O) groups is 1. The first-order valence-corrected chi connectivity index (χ1v) is 10.3. The van der Waals surface area contributed by atoms with Crippen LogP contribution in [0.4, 0.5) is 5.69 Å². The maximum Gasteiger partial charge on any atom is 0.241 e. The number of aliphatic imine (C=N–C) groups is 1. The minimum absolute atomic E-state index is 0.177. The molecule has 0 radical (unpaired) electrons. The van der Waals surface area contributed by atoms with Crippen LogP contribution in [0.15, 0.2) is 53.7 Å². The van der Waals surface area contributed by atoms with Crippen LogP contribution in [0.2, 0.25) is 0 Å². The maximum atomic E-state index is 13.0. The summed E-state index contributed by atoms with van der Waals surface area (Å²) >= 11 is 0. The SMILES string of the molecule is O=C(CN1CCC2(CC1)N=C(c1ccccn1)NO2)N1CCCc2ccccc21. The Labute approximate surface area is 170 Å². The van der Waals surface area contributed by atoms with Crippen LogP contribution >= 0.6 is 0 Å². The molecule has 29 heavy (non-hydrogen) atoms. The fraction of sp³-hybridized carbons (Fsp3) is 0.409. The highest BCUT2D eigenvalue weighted by atomic mass is 16.7. The van der Waals surface area contributed by atoms with E-state index in [0.717, 1.165) is 56.7 Å². The van der Waals surface area contributed by atoms with Crippen molar-refractivity contribution in [2.75, 3.05) is 31.1 Å². The van der Waals surface area contributed by atoms with Crippen molar-refractivity contribution in [1.29, 1.82) is 0 Å². The van der Waals surface area contributed by atoms with Gasteiger partial charge in [0.2, 0.25) is 5.91 Å². The van der Waals surface area contributed by atoms with E-state index in [4.69, 9.17) is 9.83 Å². The second-order valence-corrected chi connectivity index (χ2v) is 7.88. The largest absolute Gasteiger partial charge is 0.311 e. The van der Waals surface area contributed by atoms with Crippen LogP contribution in [0, 0.1) is 0 Å². The Hall–Kier alpha value is -2.77. The maximum absolute atomic E-state index is 13.0. The molecule has 1 fully saturated rings. The molecule has 2 aromatic rings. The van der Waals surface area contributed by atoms with Crippen LogP contribution in [0.3, 0.4) is 0 Å². The quantitative estimate of drug-likeness (QED) is 0.868. The van der Waals surface area contributed by atoms with Crippen LogP contribution in [-0.2, 0) is 16.1 Å². The van der Waals surface area contributed by atoms with E-state index < -0.39 is 5.72 Å². The summed E-state index contributed by atoms with van der Waals surface area (Å²) in [6.45, 7) is 2.80. The lowest BCUT2D eigenvalue weighted by molar-refractivity contribution is -0.123. The van der Waals surface area contributed by atoms with Crippen molar-refractivity contribution in [3.63, 3.8) is 0 Å². The second-order valence-electron chi connectivity index (χ2n) is 7.88. The van der Waals surface area contributed by atoms with Gasteiger partial charge >= 0.3 is 0 Å². The molecule has 7 heteroatoms. The van der Waals surface area contributed by atoms with Gasteiger partial charge in [-0.25, -0.2) is 15.3 Å². The lowest BCUT2D eigenvalue weighted by Crippen LogP contribution is -2.49. The number of fused-ring (bicyclic) bond motifs is 1. The predicted octanol–water partition coefficient (Wildman–Crippen LogP) is 2.13. The molecule has 0 unspecified atom stereocenters. The molecule has 150 valence electrons. The van der Waals surface area contributed by atoms with Gasteiger partial charge in [0.25, 0.3) is 0 Å². The Morgan fingerprint density at radius 1 is 1.10 bits per heavy atom. The summed E-state index contributed by atoms with van der Waals surface area (Å²) < 4.78 is 0. The first kappa shape index (κ1) is 18.3. The normalized spacial score (nSPS) is 20.8. The third-order valence-electron chi connectivity index (χ3n) is 5.97. The summed E-state index contributed by atoms with van der Waals surface area (Å²) in [5.41, 5.74) is 5.52. The molecule has 0 saturated carbocycles. The average molecular weight is 391 g/mol. The summed E-state index contributed by atoms with van der Waals surface area (Å²) in [6.07, 6.45) is 5.32. The molecule has 1 saturated heterocycles. The first-order valence-electron chi connectivity index (χ1n) is 10.3. The lowest BCUT2D eigenvalue weighted by Gasteiger charge is -2.37. The van der Waals surface area contributed by atoms with Crippen molar-refractivity contribution in [3.05, 3.63) is 59.9 Å². The Balaban J connectivity index is 1.21. The summed E-state index contributed by atoms with van der Waals surface area (Å²) in [5, 5.41) is 0. The summed E-state index contributed by atoms with van der Waals surface area (Å²) in [6, 6.07) is 14.0. The van der Waals surface area contributed by atoms with Crippen LogP contribution in [0.1, 0.15) is 30.5 Å². The van der Waals surface area contributed by atoms with Crippen molar-refractivity contribution in [1.82, 2.24) is 15.4 Å². The zero-order valence-electron chi connectivity index (χ0n) is 16.4. The molecule has 1 aromatic heterocycles. The summed E-state index contributed by atoms with van der Waals surface area (Å²) in [7, 11) is 0. The van der Waals surface area contributed by atoms with E-state index in [9.17, 15) is 4.79 Å². The van der Waals surface area contributed by atoms with Crippen molar-refractivity contribution < 1.29 is 9.63 Å². The average Bonchev–Trinajstić information content (AvgIpc) is 3.19. The van der Waals surface area contributed by atoms with Gasteiger partial charge in [-0.15, -0.1) is 0 Å². The van der Waals surface area contributed by atoms with E-state index in [-0.39, 0.29) is 5.91 Å². The van der Waals surface area contributed by atoms with Crippen molar-refractivity contribution in [3.8, 4) is 0 Å². The molecule has 0 bridgehead atoms. The van der Waals surface area contributed by atoms with Gasteiger partial charge < -0.3 is 4.90 Å². The highest BCUT2D eigenvalue weighted by molar-refractivity contribution is 5.97. The standard InChI is InChI=1S/C22H25N5O2/c28-20(27-13-5-7-17-6-1-2-9-19(17)27)16-26-14-10-22(11-15-26)24-21(25-29-22)18-8-3-4-12-23-18/h1-4,6,8-9,12H,5,7,10-11,13-16H2,(H,24,25). The number of likely N-dealkylation sites (tertiary alicyclic amines) is 1. The zero-order valence-corrected chi connectivity index (χ0v) is 16.4. The first-order chi connectivity index (χ1) is 14.2. The molecular weight excluding hydrogens is 366 g/mol. The Morgan fingerprint density at radius 3 is 2.76 bits per heavy atom. The molecule has 0 atom stereocenters. The number of nitrogens with one attached hydrogen (secondary N) is 1. The monoisotopic (exact) mass is 391 g/mol. The molecular formula is C22H25N5O2. The number of hydrogen-bond acceptors (Lipinski definition) is 6. The summed E-state index contributed by atoms with van der Waals surface area (Å²) in [5.74, 6) is 0.858. The fourth-order valence-corrected chi connectivity index (χ4v) is 4.35. The number of piperidine rings is 1. The number of hydroxylamine groups is 1. The topological polar surface area (TPSA) is 70.1 Å². The highest BCUT2D eigenvalue weighted by Crippen LogP contribution is 2.31. The summed E-state index contributed by atoms with van der Waals surface area (Å²) in [4.78, 5) is 32.1. The number of hydrogen-bond donors (Lipinski definition) is 1. The zero-order chi connectivity index (χ0) is 19.7. The number of pyridine rings is 1. The van der Waals surface area contributed by atoms with E-state index in [0.29, 0.717) is 12.4 Å². The molecule has 5 rings (SSSR count). The van der Waals surface area contributed by atoms with Crippen LogP contribution in [-0.4, -0.2) is 53.5 Å². The number of aromatic nitrogens is 1. The van der Waals surface area contributed by atoms with Crippen LogP contribution < -0.4 is 10.4 Å². The number of aryl methyl sites for hydroxylation is 1. The van der Waals surface area contributed by atoms with Crippen molar-refractivity contribution >= 4 is 17.4 Å². The number of amidine groups is 1. The van der Waals surface area contributed by atoms with Crippen molar-refractivity contribution in [2.24, 2.45) is 4.99 Å². The molecule has 4 heterocycles.